The fourth-order valence-corrected chi connectivity index (χ4v) is 1.41. The fourth-order valence-electron chi connectivity index (χ4n) is 1.41. The van der Waals surface area contributed by atoms with E-state index in [2.05, 4.69) is 4.98 Å². The fraction of sp³-hybridized carbons (Fsp3) is 0.455. The lowest BCUT2D eigenvalue weighted by atomic mass is 10.2. The molecular formula is C11H13F3N2O3. The molecule has 19 heavy (non-hydrogen) atoms. The second-order valence-electron chi connectivity index (χ2n) is 3.67. The summed E-state index contributed by atoms with van der Waals surface area (Å²) in [6.45, 7) is -0.678. The van der Waals surface area contributed by atoms with Crippen LogP contribution in [0.2, 0.25) is 0 Å². The van der Waals surface area contributed by atoms with E-state index in [-0.39, 0.29) is 32.0 Å². The first-order valence-corrected chi connectivity index (χ1v) is 5.44. The lowest BCUT2D eigenvalue weighted by Crippen LogP contribution is -2.36. The molecule has 1 aromatic rings. The van der Waals surface area contributed by atoms with Gasteiger partial charge in [-0.2, -0.15) is 13.2 Å². The highest BCUT2D eigenvalue weighted by molar-refractivity contribution is 5.92. The number of amides is 1. The molecule has 0 aromatic carbocycles. The van der Waals surface area contributed by atoms with E-state index in [4.69, 9.17) is 10.2 Å². The van der Waals surface area contributed by atoms with Crippen molar-refractivity contribution in [1.82, 2.24) is 9.88 Å². The number of carbonyl (C=O) groups is 1. The standard InChI is InChI=1S/C11H13F3N2O3/c12-11(13,14)8-1-2-9(15-7-8)10(19)16(3-5-17)4-6-18/h1-2,7,17-18H,3-6H2. The lowest BCUT2D eigenvalue weighted by molar-refractivity contribution is -0.137. The number of aromatic nitrogens is 1. The number of hydrogen-bond acceptors (Lipinski definition) is 4. The summed E-state index contributed by atoms with van der Waals surface area (Å²) in [6, 6.07) is 1.73. The quantitative estimate of drug-likeness (QED) is 0.824. The maximum Gasteiger partial charge on any atom is 0.417 e. The number of aliphatic hydroxyl groups excluding tert-OH is 2. The molecule has 0 radical (unpaired) electrons. The van der Waals surface area contributed by atoms with Crippen LogP contribution in [-0.2, 0) is 6.18 Å². The molecule has 1 rings (SSSR count). The largest absolute Gasteiger partial charge is 0.417 e. The van der Waals surface area contributed by atoms with Gasteiger partial charge in [-0.25, -0.2) is 0 Å². The number of carbonyl (C=O) groups excluding carboxylic acids is 1. The molecule has 8 heteroatoms. The summed E-state index contributed by atoms with van der Waals surface area (Å²) >= 11 is 0. The first-order chi connectivity index (χ1) is 8.90. The van der Waals surface area contributed by atoms with Crippen molar-refractivity contribution in [3.63, 3.8) is 0 Å². The third kappa shape index (κ3) is 4.18. The van der Waals surface area contributed by atoms with Gasteiger partial charge in [-0.05, 0) is 12.1 Å². The van der Waals surface area contributed by atoms with Crippen LogP contribution in [0.1, 0.15) is 16.1 Å². The third-order valence-corrected chi connectivity index (χ3v) is 2.34. The van der Waals surface area contributed by atoms with Crippen molar-refractivity contribution >= 4 is 5.91 Å². The minimum atomic E-state index is -4.51. The molecule has 5 nitrogen and oxygen atoms in total. The Bertz CT molecular complexity index is 414. The molecule has 1 aromatic heterocycles. The molecule has 1 heterocycles. The molecule has 106 valence electrons. The van der Waals surface area contributed by atoms with Crippen LogP contribution in [0.4, 0.5) is 13.2 Å². The van der Waals surface area contributed by atoms with Crippen molar-refractivity contribution in [3.8, 4) is 0 Å². The summed E-state index contributed by atoms with van der Waals surface area (Å²) in [7, 11) is 0. The van der Waals surface area contributed by atoms with Crippen LogP contribution in [0.5, 0.6) is 0 Å². The predicted octanol–water partition coefficient (Wildman–Crippen LogP) is 0.527. The smallest absolute Gasteiger partial charge is 0.395 e. The highest BCUT2D eigenvalue weighted by Crippen LogP contribution is 2.28. The zero-order valence-electron chi connectivity index (χ0n) is 9.89. The SMILES string of the molecule is O=C(c1ccc(C(F)(F)F)cn1)N(CCO)CCO. The molecule has 2 N–H and O–H groups in total. The van der Waals surface area contributed by atoms with Crippen molar-refractivity contribution in [1.29, 1.82) is 0 Å². The number of rotatable bonds is 5. The number of nitrogens with zero attached hydrogens (tertiary/aromatic N) is 2. The number of alkyl halides is 3. The van der Waals surface area contributed by atoms with E-state index in [0.29, 0.717) is 6.20 Å². The van der Waals surface area contributed by atoms with Crippen molar-refractivity contribution in [2.45, 2.75) is 6.18 Å². The molecule has 0 atom stereocenters. The predicted molar refractivity (Wildman–Crippen MR) is 59.3 cm³/mol. The van der Waals surface area contributed by atoms with Crippen LogP contribution in [0.3, 0.4) is 0 Å². The monoisotopic (exact) mass is 278 g/mol. The van der Waals surface area contributed by atoms with Gasteiger partial charge >= 0.3 is 6.18 Å². The molecular weight excluding hydrogens is 265 g/mol. The average Bonchev–Trinajstić information content (AvgIpc) is 2.37. The molecule has 0 saturated carbocycles. The maximum absolute atomic E-state index is 12.3. The normalized spacial score (nSPS) is 11.4. The first kappa shape index (κ1) is 15.4. The van der Waals surface area contributed by atoms with Gasteiger partial charge in [0.2, 0.25) is 0 Å². The van der Waals surface area contributed by atoms with Gasteiger partial charge in [-0.1, -0.05) is 0 Å². The first-order valence-electron chi connectivity index (χ1n) is 5.44. The van der Waals surface area contributed by atoms with Gasteiger partial charge < -0.3 is 15.1 Å². The van der Waals surface area contributed by atoms with Crippen LogP contribution in [0, 0.1) is 0 Å². The molecule has 0 bridgehead atoms. The summed E-state index contributed by atoms with van der Waals surface area (Å²) in [5.41, 5.74) is -1.12. The van der Waals surface area contributed by atoms with Gasteiger partial charge in [0.1, 0.15) is 5.69 Å². The highest BCUT2D eigenvalue weighted by atomic mass is 19.4. The molecule has 0 aliphatic heterocycles. The number of aliphatic hydroxyl groups is 2. The summed E-state index contributed by atoms with van der Waals surface area (Å²) in [5, 5.41) is 17.5. The number of hydrogen-bond donors (Lipinski definition) is 2. The number of pyridine rings is 1. The van der Waals surface area contributed by atoms with Crippen molar-refractivity contribution in [3.05, 3.63) is 29.6 Å². The topological polar surface area (TPSA) is 73.7 Å². The van der Waals surface area contributed by atoms with E-state index >= 15 is 0 Å². The Labute approximate surface area is 107 Å². The zero-order valence-corrected chi connectivity index (χ0v) is 9.89. The van der Waals surface area contributed by atoms with E-state index in [1.54, 1.807) is 0 Å². The van der Waals surface area contributed by atoms with E-state index in [1.165, 1.54) is 0 Å². The van der Waals surface area contributed by atoms with Gasteiger partial charge in [-0.3, -0.25) is 9.78 Å². The van der Waals surface area contributed by atoms with Crippen molar-refractivity contribution in [2.24, 2.45) is 0 Å². The maximum atomic E-state index is 12.3. The van der Waals surface area contributed by atoms with Crippen molar-refractivity contribution < 1.29 is 28.2 Å². The van der Waals surface area contributed by atoms with Crippen molar-refractivity contribution in [2.75, 3.05) is 26.3 Å². The molecule has 0 unspecified atom stereocenters. The third-order valence-electron chi connectivity index (χ3n) is 2.34. The molecule has 1 amide bonds. The summed E-state index contributed by atoms with van der Waals surface area (Å²) in [4.78, 5) is 16.4. The Morgan fingerprint density at radius 1 is 1.21 bits per heavy atom. The summed E-state index contributed by atoms with van der Waals surface area (Å²) < 4.78 is 37.0. The van der Waals surface area contributed by atoms with Crippen LogP contribution in [0.25, 0.3) is 0 Å². The Kier molecular flexibility index (Phi) is 5.25. The zero-order chi connectivity index (χ0) is 14.5. The molecule has 0 fully saturated rings. The van der Waals surface area contributed by atoms with Gasteiger partial charge in [0.05, 0.1) is 18.8 Å². The van der Waals surface area contributed by atoms with Crippen LogP contribution < -0.4 is 0 Å². The Morgan fingerprint density at radius 2 is 1.79 bits per heavy atom. The Balaban J connectivity index is 2.87. The second-order valence-corrected chi connectivity index (χ2v) is 3.67. The van der Waals surface area contributed by atoms with Gasteiger partial charge in [0.15, 0.2) is 0 Å². The van der Waals surface area contributed by atoms with E-state index in [1.807, 2.05) is 0 Å². The summed E-state index contributed by atoms with van der Waals surface area (Å²) in [6.07, 6.45) is -3.94. The van der Waals surface area contributed by atoms with Gasteiger partial charge in [0.25, 0.3) is 5.91 Å². The van der Waals surface area contributed by atoms with Crippen LogP contribution in [-0.4, -0.2) is 52.3 Å². The Hall–Kier alpha value is -1.67. The van der Waals surface area contributed by atoms with E-state index < -0.39 is 17.6 Å². The molecule has 0 saturated heterocycles. The van der Waals surface area contributed by atoms with E-state index in [0.717, 1.165) is 17.0 Å². The lowest BCUT2D eigenvalue weighted by Gasteiger charge is -2.20. The highest BCUT2D eigenvalue weighted by Gasteiger charge is 2.31. The van der Waals surface area contributed by atoms with Crippen LogP contribution >= 0.6 is 0 Å². The van der Waals surface area contributed by atoms with Gasteiger partial charge in [-0.15, -0.1) is 0 Å². The minimum Gasteiger partial charge on any atom is -0.395 e. The van der Waals surface area contributed by atoms with Gasteiger partial charge in [0, 0.05) is 19.3 Å². The minimum absolute atomic E-state index is 0.0257. The average molecular weight is 278 g/mol. The Morgan fingerprint density at radius 3 is 2.16 bits per heavy atom. The molecule has 0 aliphatic rings. The second kappa shape index (κ2) is 6.48. The molecule has 0 aliphatic carbocycles. The summed E-state index contributed by atoms with van der Waals surface area (Å²) in [5.74, 6) is -0.642. The van der Waals surface area contributed by atoms with Crippen LogP contribution in [0.15, 0.2) is 18.3 Å². The van der Waals surface area contributed by atoms with E-state index in [9.17, 15) is 18.0 Å². The molecule has 0 spiro atoms. The number of halogens is 3.